The lowest BCUT2D eigenvalue weighted by atomic mass is 10.1. The third kappa shape index (κ3) is 5.21. The largest absolute Gasteiger partial charge is 0.486 e. The number of aromatic nitrogens is 2. The lowest BCUT2D eigenvalue weighted by molar-refractivity contribution is 0.238. The molecule has 2 aliphatic rings. The normalized spacial score (nSPS) is 16.3. The molecule has 0 bridgehead atoms. The molecule has 0 N–H and O–H groups in total. The van der Waals surface area contributed by atoms with Gasteiger partial charge in [-0.15, -0.1) is 0 Å². The van der Waals surface area contributed by atoms with Gasteiger partial charge in [-0.05, 0) is 58.5 Å². The number of halogens is 2. The highest BCUT2D eigenvalue weighted by Crippen LogP contribution is 2.45. The van der Waals surface area contributed by atoms with Crippen molar-refractivity contribution in [1.29, 1.82) is 0 Å². The van der Waals surface area contributed by atoms with E-state index in [1.54, 1.807) is 23.3 Å². The minimum atomic E-state index is -0.778. The van der Waals surface area contributed by atoms with E-state index in [4.69, 9.17) is 4.74 Å². The molecule has 0 spiro atoms. The number of hydrogen-bond acceptors (Lipinski definition) is 7. The Bertz CT molecular complexity index is 1480. The van der Waals surface area contributed by atoms with Crippen LogP contribution in [0.4, 0.5) is 14.5 Å². The molecule has 10 heteroatoms. The average Bonchev–Trinajstić information content (AvgIpc) is 3.36. The number of hydrazine groups is 1. The van der Waals surface area contributed by atoms with Crippen LogP contribution in [0.15, 0.2) is 70.3 Å². The lowest BCUT2D eigenvalue weighted by Gasteiger charge is -2.44. The molecule has 6 nitrogen and oxygen atoms in total. The predicted octanol–water partition coefficient (Wildman–Crippen LogP) is 6.30. The Hall–Kier alpha value is -3.21. The van der Waals surface area contributed by atoms with Gasteiger partial charge in [0.25, 0.3) is 0 Å². The molecule has 0 unspecified atom stereocenters. The number of anilines is 1. The van der Waals surface area contributed by atoms with E-state index >= 15 is 0 Å². The second-order valence-electron chi connectivity index (χ2n) is 9.98. The fraction of sp³-hybridized carbons (Fsp3) is 0.286. The maximum Gasteiger partial charge on any atom is 0.316 e. The van der Waals surface area contributed by atoms with Crippen LogP contribution in [0.2, 0.25) is 0 Å². The SMILES string of the molecule is CC1(COc2c(N3CCN3SCc3ccc(-c4ccsc4)cc3)cnn(-c3cc(F)cc(F)c3)c2=O)CC1. The molecule has 38 heavy (non-hydrogen) atoms. The Labute approximate surface area is 227 Å². The summed E-state index contributed by atoms with van der Waals surface area (Å²) < 4.78 is 36.9. The first-order valence-corrected chi connectivity index (χ1v) is 14.3. The lowest BCUT2D eigenvalue weighted by Crippen LogP contribution is -2.54. The molecule has 0 atom stereocenters. The zero-order valence-electron chi connectivity index (χ0n) is 20.8. The topological polar surface area (TPSA) is 50.6 Å². The van der Waals surface area contributed by atoms with Crippen molar-refractivity contribution in [2.45, 2.75) is 25.5 Å². The highest BCUT2D eigenvalue weighted by molar-refractivity contribution is 7.96. The third-order valence-electron chi connectivity index (χ3n) is 6.91. The van der Waals surface area contributed by atoms with E-state index in [1.165, 1.54) is 22.9 Å². The molecule has 3 heterocycles. The maximum absolute atomic E-state index is 13.9. The summed E-state index contributed by atoms with van der Waals surface area (Å²) >= 11 is 3.33. The number of ether oxygens (including phenoxy) is 1. The van der Waals surface area contributed by atoms with Crippen LogP contribution in [-0.2, 0) is 5.75 Å². The molecule has 1 aliphatic carbocycles. The van der Waals surface area contributed by atoms with Crippen molar-refractivity contribution in [2.24, 2.45) is 5.41 Å². The molecule has 2 aromatic carbocycles. The Balaban J connectivity index is 1.22. The maximum atomic E-state index is 13.9. The van der Waals surface area contributed by atoms with Crippen LogP contribution in [0.3, 0.4) is 0 Å². The predicted molar refractivity (Wildman–Crippen MR) is 148 cm³/mol. The molecule has 0 radical (unpaired) electrons. The van der Waals surface area contributed by atoms with Gasteiger partial charge in [-0.2, -0.15) is 25.5 Å². The number of thiophene rings is 1. The Morgan fingerprint density at radius 1 is 1.05 bits per heavy atom. The summed E-state index contributed by atoms with van der Waals surface area (Å²) in [6.45, 7) is 4.03. The number of nitrogens with zero attached hydrogens (tertiary/aromatic N) is 4. The zero-order chi connectivity index (χ0) is 26.3. The monoisotopic (exact) mass is 552 g/mol. The van der Waals surface area contributed by atoms with E-state index in [2.05, 4.69) is 57.5 Å². The summed E-state index contributed by atoms with van der Waals surface area (Å²) in [5, 5.41) is 10.4. The van der Waals surface area contributed by atoms with E-state index < -0.39 is 17.2 Å². The summed E-state index contributed by atoms with van der Waals surface area (Å²) in [6, 6.07) is 13.6. The van der Waals surface area contributed by atoms with Gasteiger partial charge in [-0.3, -0.25) is 9.80 Å². The van der Waals surface area contributed by atoms with Crippen LogP contribution < -0.4 is 15.3 Å². The van der Waals surface area contributed by atoms with Crippen molar-refractivity contribution < 1.29 is 13.5 Å². The standard InChI is InChI=1S/C28H26F2N4O2S2/c1-28(7-8-28)18-36-26-25(15-31-34(27(26)35)24-13-22(29)12-23(30)14-24)32-9-10-33(32)38-16-19-2-4-20(5-3-19)21-6-11-37-17-21/h2-6,11-15,17H,7-10,16,18H2,1H3. The second-order valence-corrected chi connectivity index (χ2v) is 11.7. The smallest absolute Gasteiger partial charge is 0.316 e. The van der Waals surface area contributed by atoms with Gasteiger partial charge >= 0.3 is 5.56 Å². The van der Waals surface area contributed by atoms with Gasteiger partial charge in [0.1, 0.15) is 17.3 Å². The van der Waals surface area contributed by atoms with Crippen molar-refractivity contribution in [2.75, 3.05) is 24.7 Å². The Kier molecular flexibility index (Phi) is 6.71. The van der Waals surface area contributed by atoms with Gasteiger partial charge in [-0.1, -0.05) is 43.1 Å². The second kappa shape index (κ2) is 10.2. The van der Waals surface area contributed by atoms with Crippen LogP contribution in [0.1, 0.15) is 25.3 Å². The zero-order valence-corrected chi connectivity index (χ0v) is 22.4. The van der Waals surface area contributed by atoms with Gasteiger partial charge in [0.15, 0.2) is 0 Å². The molecule has 196 valence electrons. The summed E-state index contributed by atoms with van der Waals surface area (Å²) in [5.41, 5.74) is 3.68. The molecule has 4 aromatic rings. The molecule has 1 saturated carbocycles. The highest BCUT2D eigenvalue weighted by Gasteiger charge is 2.39. The molecule has 1 aliphatic heterocycles. The van der Waals surface area contributed by atoms with Gasteiger partial charge in [0.2, 0.25) is 5.75 Å². The van der Waals surface area contributed by atoms with Crippen LogP contribution in [0.25, 0.3) is 16.8 Å². The van der Waals surface area contributed by atoms with Crippen LogP contribution in [0.5, 0.6) is 5.75 Å². The molecule has 2 aromatic heterocycles. The molecular weight excluding hydrogens is 526 g/mol. The van der Waals surface area contributed by atoms with E-state index in [0.29, 0.717) is 18.8 Å². The third-order valence-corrected chi connectivity index (χ3v) is 8.74. The van der Waals surface area contributed by atoms with Crippen molar-refractivity contribution in [3.05, 3.63) is 93.0 Å². The molecule has 6 rings (SSSR count). The fourth-order valence-electron chi connectivity index (χ4n) is 4.23. The van der Waals surface area contributed by atoms with Crippen LogP contribution in [-0.4, -0.2) is 33.9 Å². The number of hydrogen-bond donors (Lipinski definition) is 0. The molecule has 0 amide bonds. The van der Waals surface area contributed by atoms with Crippen molar-refractivity contribution >= 4 is 29.0 Å². The molecule has 2 fully saturated rings. The Morgan fingerprint density at radius 3 is 2.45 bits per heavy atom. The van der Waals surface area contributed by atoms with E-state index in [1.807, 2.05) is 5.01 Å². The quantitative estimate of drug-likeness (QED) is 0.227. The van der Waals surface area contributed by atoms with Gasteiger partial charge in [-0.25, -0.2) is 8.78 Å². The first kappa shape index (κ1) is 25.1. The summed E-state index contributed by atoms with van der Waals surface area (Å²) in [6.07, 6.45) is 3.61. The highest BCUT2D eigenvalue weighted by atomic mass is 32.2. The Morgan fingerprint density at radius 2 is 1.82 bits per heavy atom. The van der Waals surface area contributed by atoms with E-state index in [9.17, 15) is 13.6 Å². The average molecular weight is 553 g/mol. The first-order valence-electron chi connectivity index (χ1n) is 12.4. The van der Waals surface area contributed by atoms with Crippen molar-refractivity contribution in [1.82, 2.24) is 14.2 Å². The number of benzene rings is 2. The fourth-order valence-corrected chi connectivity index (χ4v) is 5.90. The van der Waals surface area contributed by atoms with Crippen molar-refractivity contribution in [3.63, 3.8) is 0 Å². The van der Waals surface area contributed by atoms with Crippen molar-refractivity contribution in [3.8, 4) is 22.6 Å². The van der Waals surface area contributed by atoms with E-state index in [0.717, 1.165) is 48.0 Å². The minimum absolute atomic E-state index is 0.0160. The number of rotatable bonds is 9. The summed E-state index contributed by atoms with van der Waals surface area (Å²) in [4.78, 5) is 13.5. The molecular formula is C28H26F2N4O2S2. The summed E-state index contributed by atoms with van der Waals surface area (Å²) in [5.74, 6) is -0.649. The van der Waals surface area contributed by atoms with Gasteiger partial charge < -0.3 is 4.74 Å². The summed E-state index contributed by atoms with van der Waals surface area (Å²) in [7, 11) is 0. The minimum Gasteiger partial charge on any atom is -0.486 e. The van der Waals surface area contributed by atoms with Crippen LogP contribution >= 0.6 is 23.3 Å². The molecule has 1 saturated heterocycles. The van der Waals surface area contributed by atoms with Crippen LogP contribution in [0, 0.1) is 17.0 Å². The van der Waals surface area contributed by atoms with E-state index in [-0.39, 0.29) is 16.9 Å². The van der Waals surface area contributed by atoms with Gasteiger partial charge in [0.05, 0.1) is 25.0 Å². The first-order chi connectivity index (χ1) is 18.4. The van der Waals surface area contributed by atoms with Gasteiger partial charge in [0, 0.05) is 23.8 Å².